The van der Waals surface area contributed by atoms with Crippen LogP contribution >= 0.6 is 0 Å². The molecule has 0 bridgehead atoms. The lowest BCUT2D eigenvalue weighted by Gasteiger charge is -2.27. The molecule has 2 saturated carbocycles. The third kappa shape index (κ3) is 5.19. The summed E-state index contributed by atoms with van der Waals surface area (Å²) in [6.07, 6.45) is 5.03. The van der Waals surface area contributed by atoms with Gasteiger partial charge in [0.15, 0.2) is 0 Å². The molecular formula is C18H26O8. The van der Waals surface area contributed by atoms with Gasteiger partial charge in [-0.05, 0) is 25.7 Å². The molecule has 2 aliphatic rings. The Labute approximate surface area is 151 Å². The first-order chi connectivity index (χ1) is 12.4. The molecule has 4 atom stereocenters. The predicted molar refractivity (Wildman–Crippen MR) is 88.1 cm³/mol. The van der Waals surface area contributed by atoms with Crippen LogP contribution in [0.4, 0.5) is 0 Å². The van der Waals surface area contributed by atoms with Gasteiger partial charge in [0, 0.05) is 0 Å². The highest BCUT2D eigenvalue weighted by molar-refractivity contribution is 5.82. The molecule has 8 nitrogen and oxygen atoms in total. The third-order valence-electron chi connectivity index (χ3n) is 5.34. The predicted octanol–water partition coefficient (Wildman–Crippen LogP) is 1.85. The Morgan fingerprint density at radius 2 is 0.923 bits per heavy atom. The quantitative estimate of drug-likeness (QED) is 0.513. The number of carbonyl (C=O) groups excluding carboxylic acids is 2. The molecule has 0 heterocycles. The zero-order valence-electron chi connectivity index (χ0n) is 14.7. The van der Waals surface area contributed by atoms with Crippen LogP contribution in [-0.4, -0.2) is 47.3 Å². The van der Waals surface area contributed by atoms with Crippen molar-refractivity contribution in [1.82, 2.24) is 0 Å². The minimum atomic E-state index is -0.991. The molecule has 0 radical (unpaired) electrons. The average Bonchev–Trinajstić information content (AvgIpc) is 2.64. The van der Waals surface area contributed by atoms with Gasteiger partial charge in [-0.1, -0.05) is 25.7 Å². The van der Waals surface area contributed by atoms with Crippen LogP contribution in [-0.2, 0) is 28.7 Å². The fourth-order valence-electron chi connectivity index (χ4n) is 3.92. The molecule has 8 heteroatoms. The Morgan fingerprint density at radius 3 is 1.23 bits per heavy atom. The molecule has 2 N–H and O–H groups in total. The maximum absolute atomic E-state index is 12.1. The number of esters is 2. The van der Waals surface area contributed by atoms with E-state index < -0.39 is 47.5 Å². The summed E-state index contributed by atoms with van der Waals surface area (Å²) in [5.74, 6) is -5.90. The average molecular weight is 370 g/mol. The van der Waals surface area contributed by atoms with E-state index in [1.54, 1.807) is 0 Å². The molecule has 0 aromatic rings. The van der Waals surface area contributed by atoms with Crippen LogP contribution in [0.3, 0.4) is 0 Å². The molecule has 0 amide bonds. The van der Waals surface area contributed by atoms with Crippen LogP contribution in [0.2, 0.25) is 0 Å². The van der Waals surface area contributed by atoms with E-state index in [0.29, 0.717) is 25.7 Å². The summed E-state index contributed by atoms with van der Waals surface area (Å²) in [5.41, 5.74) is 0. The van der Waals surface area contributed by atoms with Gasteiger partial charge in [-0.3, -0.25) is 19.2 Å². The molecule has 146 valence electrons. The fraction of sp³-hybridized carbons (Fsp3) is 0.778. The highest BCUT2D eigenvalue weighted by Gasteiger charge is 2.38. The van der Waals surface area contributed by atoms with Gasteiger partial charge in [0.05, 0.1) is 23.7 Å². The van der Waals surface area contributed by atoms with Crippen molar-refractivity contribution in [2.75, 3.05) is 13.2 Å². The van der Waals surface area contributed by atoms with Gasteiger partial charge >= 0.3 is 23.9 Å². The number of aliphatic carboxylic acids is 2. The number of carboxylic acid groups (broad SMARTS) is 2. The lowest BCUT2D eigenvalue weighted by atomic mass is 9.79. The molecule has 0 aromatic carbocycles. The number of rotatable bonds is 7. The van der Waals surface area contributed by atoms with Crippen molar-refractivity contribution in [2.24, 2.45) is 23.7 Å². The molecular weight excluding hydrogens is 344 g/mol. The van der Waals surface area contributed by atoms with E-state index >= 15 is 0 Å². The van der Waals surface area contributed by atoms with Crippen molar-refractivity contribution in [3.63, 3.8) is 0 Å². The zero-order chi connectivity index (χ0) is 19.1. The Morgan fingerprint density at radius 1 is 0.615 bits per heavy atom. The topological polar surface area (TPSA) is 127 Å². The van der Waals surface area contributed by atoms with Crippen LogP contribution in [0, 0.1) is 23.7 Å². The number of hydrogen-bond acceptors (Lipinski definition) is 6. The number of carboxylic acids is 2. The molecule has 2 rings (SSSR count). The fourth-order valence-corrected chi connectivity index (χ4v) is 3.92. The van der Waals surface area contributed by atoms with Gasteiger partial charge in [0.1, 0.15) is 13.2 Å². The van der Waals surface area contributed by atoms with E-state index in [4.69, 9.17) is 9.47 Å². The number of ether oxygens (including phenoxy) is 2. The van der Waals surface area contributed by atoms with Crippen LogP contribution in [0.1, 0.15) is 51.4 Å². The maximum atomic E-state index is 12.1. The van der Waals surface area contributed by atoms with E-state index in [2.05, 4.69) is 0 Å². The van der Waals surface area contributed by atoms with Crippen molar-refractivity contribution < 1.29 is 38.9 Å². The van der Waals surface area contributed by atoms with Crippen LogP contribution < -0.4 is 0 Å². The summed E-state index contributed by atoms with van der Waals surface area (Å²) in [7, 11) is 0. The summed E-state index contributed by atoms with van der Waals surface area (Å²) in [5, 5.41) is 18.4. The van der Waals surface area contributed by atoms with Gasteiger partial charge in [-0.25, -0.2) is 0 Å². The molecule has 0 aliphatic heterocycles. The Kier molecular flexibility index (Phi) is 7.41. The second-order valence-corrected chi connectivity index (χ2v) is 7.01. The summed E-state index contributed by atoms with van der Waals surface area (Å²) in [6, 6.07) is 0. The van der Waals surface area contributed by atoms with Gasteiger partial charge in [-0.2, -0.15) is 0 Å². The van der Waals surface area contributed by atoms with E-state index in [0.717, 1.165) is 25.7 Å². The normalized spacial score (nSPS) is 28.8. The standard InChI is InChI=1S/C18H26O8/c19-15(20)11-5-1-3-7-13(11)17(23)25-9-10-26-18(24)14-8-4-2-6-12(14)16(21)22/h11-14H,1-10H2,(H,19,20)(H,21,22). The smallest absolute Gasteiger partial charge is 0.309 e. The largest absolute Gasteiger partial charge is 0.481 e. The number of hydrogen-bond donors (Lipinski definition) is 2. The molecule has 2 aliphatic carbocycles. The van der Waals surface area contributed by atoms with E-state index in [9.17, 15) is 29.4 Å². The molecule has 2 fully saturated rings. The lowest BCUT2D eigenvalue weighted by molar-refractivity contribution is -0.165. The maximum Gasteiger partial charge on any atom is 0.309 e. The summed E-state index contributed by atoms with van der Waals surface area (Å²) < 4.78 is 10.2. The monoisotopic (exact) mass is 370 g/mol. The minimum absolute atomic E-state index is 0.155. The van der Waals surface area contributed by atoms with Crippen molar-refractivity contribution in [2.45, 2.75) is 51.4 Å². The summed E-state index contributed by atoms with van der Waals surface area (Å²) in [6.45, 7) is -0.310. The molecule has 26 heavy (non-hydrogen) atoms. The molecule has 0 aromatic heterocycles. The van der Waals surface area contributed by atoms with E-state index in [-0.39, 0.29) is 13.2 Å². The lowest BCUT2D eigenvalue weighted by Crippen LogP contribution is -2.35. The van der Waals surface area contributed by atoms with Gasteiger partial charge in [0.25, 0.3) is 0 Å². The summed E-state index contributed by atoms with van der Waals surface area (Å²) in [4.78, 5) is 46.6. The second-order valence-electron chi connectivity index (χ2n) is 7.01. The van der Waals surface area contributed by atoms with Crippen LogP contribution in [0.5, 0.6) is 0 Å². The van der Waals surface area contributed by atoms with Gasteiger partial charge in [-0.15, -0.1) is 0 Å². The summed E-state index contributed by atoms with van der Waals surface area (Å²) >= 11 is 0. The minimum Gasteiger partial charge on any atom is -0.481 e. The highest BCUT2D eigenvalue weighted by Crippen LogP contribution is 2.32. The third-order valence-corrected chi connectivity index (χ3v) is 5.34. The number of carbonyl (C=O) groups is 4. The highest BCUT2D eigenvalue weighted by atomic mass is 16.6. The Balaban J connectivity index is 1.75. The Hall–Kier alpha value is -2.12. The first-order valence-electron chi connectivity index (χ1n) is 9.20. The molecule has 0 spiro atoms. The second kappa shape index (κ2) is 9.54. The van der Waals surface area contributed by atoms with Crippen LogP contribution in [0.25, 0.3) is 0 Å². The Bertz CT molecular complexity index is 495. The SMILES string of the molecule is O=C(O)C1CCCCC1C(=O)OCCOC(=O)C1CCCCC1C(=O)O. The van der Waals surface area contributed by atoms with E-state index in [1.807, 2.05) is 0 Å². The van der Waals surface area contributed by atoms with Crippen molar-refractivity contribution in [3.8, 4) is 0 Å². The van der Waals surface area contributed by atoms with Gasteiger partial charge < -0.3 is 19.7 Å². The van der Waals surface area contributed by atoms with Crippen molar-refractivity contribution in [3.05, 3.63) is 0 Å². The molecule has 4 unspecified atom stereocenters. The van der Waals surface area contributed by atoms with Crippen molar-refractivity contribution in [1.29, 1.82) is 0 Å². The van der Waals surface area contributed by atoms with Crippen molar-refractivity contribution >= 4 is 23.9 Å². The zero-order valence-corrected chi connectivity index (χ0v) is 14.7. The molecule has 0 saturated heterocycles. The first-order valence-corrected chi connectivity index (χ1v) is 9.20. The van der Waals surface area contributed by atoms with Gasteiger partial charge in [0.2, 0.25) is 0 Å². The van der Waals surface area contributed by atoms with E-state index in [1.165, 1.54) is 0 Å². The van der Waals surface area contributed by atoms with Crippen LogP contribution in [0.15, 0.2) is 0 Å². The first kappa shape index (κ1) is 20.2.